The second-order valence-corrected chi connectivity index (χ2v) is 8.40. The van der Waals surface area contributed by atoms with Gasteiger partial charge in [0.1, 0.15) is 27.7 Å². The highest BCUT2D eigenvalue weighted by atomic mass is 32.2. The fraction of sp³-hybridized carbons (Fsp3) is 0.318. The van der Waals surface area contributed by atoms with E-state index in [1.54, 1.807) is 6.92 Å². The maximum absolute atomic E-state index is 14.6. The Hall–Kier alpha value is -3.02. The number of hydroxylamine groups is 1. The third-order valence-electron chi connectivity index (χ3n) is 5.03. The molecule has 0 aromatic heterocycles. The molecule has 1 aliphatic rings. The molecule has 2 aromatic carbocycles. The second-order valence-electron chi connectivity index (χ2n) is 7.13. The summed E-state index contributed by atoms with van der Waals surface area (Å²) < 4.78 is 33.8. The van der Waals surface area contributed by atoms with Crippen LogP contribution in [0.5, 0.6) is 0 Å². The Labute approximate surface area is 194 Å². The molecule has 0 fully saturated rings. The SMILES string of the molecule is CONC(N)=NCCC1(c2ccccc2)SC(c2cc(F)ccc2F)=NN1C(=O)[C@H](C)OC. The van der Waals surface area contributed by atoms with E-state index in [-0.39, 0.29) is 29.5 Å². The highest BCUT2D eigenvalue weighted by Crippen LogP contribution is 2.50. The molecule has 8 nitrogen and oxygen atoms in total. The Bertz CT molecular complexity index is 1050. The predicted octanol–water partition coefficient (Wildman–Crippen LogP) is 2.95. The maximum Gasteiger partial charge on any atom is 0.273 e. The first kappa shape index (κ1) is 24.6. The lowest BCUT2D eigenvalue weighted by Crippen LogP contribution is -2.46. The van der Waals surface area contributed by atoms with Crippen molar-refractivity contribution in [3.05, 3.63) is 71.3 Å². The standard InChI is InChI=1S/C22H25F2N5O3S/c1-14(31-2)20(30)29-22(15-7-5-4-6-8-15,11-12-26-21(25)28-32-3)33-19(27-29)17-13-16(23)9-10-18(17)24/h4-10,13-14H,11-12H2,1-3H3,(H3,25,26,28)/t14-,22?/m0/s1. The van der Waals surface area contributed by atoms with E-state index in [0.717, 1.165) is 35.5 Å². The number of carbonyl (C=O) groups is 1. The van der Waals surface area contributed by atoms with Crippen LogP contribution >= 0.6 is 11.8 Å². The van der Waals surface area contributed by atoms with E-state index in [2.05, 4.69) is 15.6 Å². The number of methoxy groups -OCH3 is 1. The minimum atomic E-state index is -1.10. The van der Waals surface area contributed by atoms with Crippen LogP contribution in [-0.4, -0.2) is 48.8 Å². The van der Waals surface area contributed by atoms with Crippen LogP contribution in [0.1, 0.15) is 24.5 Å². The number of carbonyl (C=O) groups excluding carboxylic acids is 1. The third-order valence-corrected chi connectivity index (χ3v) is 6.48. The number of nitrogens with one attached hydrogen (secondary N) is 1. The van der Waals surface area contributed by atoms with Gasteiger partial charge >= 0.3 is 0 Å². The van der Waals surface area contributed by atoms with Crippen LogP contribution in [0, 0.1) is 11.6 Å². The summed E-state index contributed by atoms with van der Waals surface area (Å²) >= 11 is 1.15. The average molecular weight is 478 g/mol. The van der Waals surface area contributed by atoms with E-state index in [1.807, 2.05) is 30.3 Å². The number of amides is 1. The predicted molar refractivity (Wildman–Crippen MR) is 123 cm³/mol. The van der Waals surface area contributed by atoms with Gasteiger partial charge < -0.3 is 10.5 Å². The fourth-order valence-corrected chi connectivity index (χ4v) is 4.68. The number of hydrazone groups is 1. The van der Waals surface area contributed by atoms with Crippen LogP contribution in [0.4, 0.5) is 8.78 Å². The molecule has 1 heterocycles. The van der Waals surface area contributed by atoms with Crippen molar-refractivity contribution >= 4 is 28.7 Å². The number of nitrogens with zero attached hydrogens (tertiary/aromatic N) is 3. The monoisotopic (exact) mass is 477 g/mol. The molecule has 0 bridgehead atoms. The van der Waals surface area contributed by atoms with Crippen molar-refractivity contribution in [1.29, 1.82) is 0 Å². The van der Waals surface area contributed by atoms with Gasteiger partial charge in [0.15, 0.2) is 0 Å². The van der Waals surface area contributed by atoms with Crippen LogP contribution < -0.4 is 11.2 Å². The second kappa shape index (κ2) is 10.7. The lowest BCUT2D eigenvalue weighted by Gasteiger charge is -2.36. The number of halogens is 2. The number of aliphatic imine (C=N–C) groups is 1. The first-order valence-electron chi connectivity index (χ1n) is 10.1. The molecule has 0 aliphatic carbocycles. The zero-order valence-electron chi connectivity index (χ0n) is 18.4. The number of rotatable bonds is 8. The number of ether oxygens (including phenoxy) is 1. The van der Waals surface area contributed by atoms with Gasteiger partial charge in [-0.05, 0) is 30.7 Å². The first-order valence-corrected chi connectivity index (χ1v) is 10.9. The molecule has 2 aromatic rings. The normalized spacial score (nSPS) is 19.4. The van der Waals surface area contributed by atoms with Gasteiger partial charge in [0, 0.05) is 25.6 Å². The molecule has 1 aliphatic heterocycles. The molecule has 0 saturated heterocycles. The van der Waals surface area contributed by atoms with Crippen LogP contribution in [0.25, 0.3) is 0 Å². The van der Waals surface area contributed by atoms with E-state index in [1.165, 1.54) is 19.2 Å². The highest BCUT2D eigenvalue weighted by molar-refractivity contribution is 8.15. The summed E-state index contributed by atoms with van der Waals surface area (Å²) in [6.07, 6.45) is -0.558. The van der Waals surface area contributed by atoms with Crippen LogP contribution in [0.2, 0.25) is 0 Å². The molecule has 1 unspecified atom stereocenters. The topological polar surface area (TPSA) is 102 Å². The molecule has 176 valence electrons. The Morgan fingerprint density at radius 3 is 2.67 bits per heavy atom. The van der Waals surface area contributed by atoms with E-state index in [4.69, 9.17) is 15.3 Å². The van der Waals surface area contributed by atoms with Crippen molar-refractivity contribution in [2.45, 2.75) is 24.3 Å². The Morgan fingerprint density at radius 2 is 2.00 bits per heavy atom. The number of hydrogen-bond donors (Lipinski definition) is 2. The van der Waals surface area contributed by atoms with Gasteiger partial charge in [0.25, 0.3) is 5.91 Å². The zero-order chi connectivity index (χ0) is 24.0. The van der Waals surface area contributed by atoms with Crippen molar-refractivity contribution in [2.24, 2.45) is 15.8 Å². The molecular weight excluding hydrogens is 452 g/mol. The molecule has 1 amide bonds. The lowest BCUT2D eigenvalue weighted by atomic mass is 10.0. The van der Waals surface area contributed by atoms with E-state index in [9.17, 15) is 13.6 Å². The fourth-order valence-electron chi connectivity index (χ4n) is 3.31. The summed E-state index contributed by atoms with van der Waals surface area (Å²) in [5, 5.41) is 5.89. The molecule has 11 heteroatoms. The van der Waals surface area contributed by atoms with Crippen molar-refractivity contribution in [3.63, 3.8) is 0 Å². The van der Waals surface area contributed by atoms with E-state index >= 15 is 0 Å². The van der Waals surface area contributed by atoms with Crippen molar-refractivity contribution < 1.29 is 23.1 Å². The summed E-state index contributed by atoms with van der Waals surface area (Å²) in [4.78, 5) is 21.2. The highest BCUT2D eigenvalue weighted by Gasteiger charge is 2.49. The maximum atomic E-state index is 14.6. The van der Waals surface area contributed by atoms with Gasteiger partial charge in [0.05, 0.1) is 7.11 Å². The van der Waals surface area contributed by atoms with Crippen molar-refractivity contribution in [2.75, 3.05) is 20.8 Å². The van der Waals surface area contributed by atoms with Crippen LogP contribution in [0.15, 0.2) is 58.6 Å². The summed E-state index contributed by atoms with van der Waals surface area (Å²) in [5.41, 5.74) is 8.88. The number of guanidine groups is 1. The summed E-state index contributed by atoms with van der Waals surface area (Å²) in [5.74, 6) is -1.64. The van der Waals surface area contributed by atoms with Crippen molar-refractivity contribution in [1.82, 2.24) is 10.5 Å². The number of thioether (sulfide) groups is 1. The minimum Gasteiger partial charge on any atom is -0.372 e. The summed E-state index contributed by atoms with van der Waals surface area (Å²) in [6.45, 7) is 1.78. The van der Waals surface area contributed by atoms with Crippen LogP contribution in [0.3, 0.4) is 0 Å². The van der Waals surface area contributed by atoms with Gasteiger partial charge in [-0.15, -0.1) is 0 Å². The Balaban J connectivity index is 2.11. The van der Waals surface area contributed by atoms with Gasteiger partial charge in [0.2, 0.25) is 5.96 Å². The summed E-state index contributed by atoms with van der Waals surface area (Å²) in [6, 6.07) is 12.3. The van der Waals surface area contributed by atoms with E-state index in [0.29, 0.717) is 0 Å². The molecule has 0 radical (unpaired) electrons. The van der Waals surface area contributed by atoms with Gasteiger partial charge in [-0.1, -0.05) is 42.1 Å². The molecule has 3 rings (SSSR count). The first-order chi connectivity index (χ1) is 15.8. The van der Waals surface area contributed by atoms with Gasteiger partial charge in [-0.3, -0.25) is 14.6 Å². The lowest BCUT2D eigenvalue weighted by molar-refractivity contribution is -0.144. The van der Waals surface area contributed by atoms with Crippen LogP contribution in [-0.2, 0) is 19.2 Å². The number of hydrogen-bond acceptors (Lipinski definition) is 6. The summed E-state index contributed by atoms with van der Waals surface area (Å²) in [7, 11) is 2.81. The average Bonchev–Trinajstić information content (AvgIpc) is 3.20. The molecule has 0 saturated carbocycles. The molecule has 2 atom stereocenters. The number of nitrogens with two attached hydrogens (primary N) is 1. The minimum absolute atomic E-state index is 0.0373. The van der Waals surface area contributed by atoms with Crippen molar-refractivity contribution in [3.8, 4) is 0 Å². The quantitative estimate of drug-likeness (QED) is 0.344. The largest absolute Gasteiger partial charge is 0.372 e. The molecule has 33 heavy (non-hydrogen) atoms. The van der Waals surface area contributed by atoms with Gasteiger partial charge in [-0.2, -0.15) is 5.10 Å². The molecule has 0 spiro atoms. The van der Waals surface area contributed by atoms with E-state index < -0.39 is 28.5 Å². The Kier molecular flexibility index (Phi) is 8.01. The Morgan fingerprint density at radius 1 is 1.27 bits per heavy atom. The number of benzene rings is 2. The smallest absolute Gasteiger partial charge is 0.273 e. The zero-order valence-corrected chi connectivity index (χ0v) is 19.2. The third kappa shape index (κ3) is 5.32. The molecule has 3 N–H and O–H groups in total. The molecular formula is C22H25F2N5O3S. The van der Waals surface area contributed by atoms with Gasteiger partial charge in [-0.25, -0.2) is 19.3 Å².